The number of nitrogens with zero attached hydrogens (tertiary/aromatic N) is 2. The molecule has 0 unspecified atom stereocenters. The zero-order valence-corrected chi connectivity index (χ0v) is 26.8. The van der Waals surface area contributed by atoms with Crippen LogP contribution in [0.1, 0.15) is 80.1 Å². The highest BCUT2D eigenvalue weighted by Gasteiger charge is 2.36. The molecule has 4 rings (SSSR count). The maximum atomic E-state index is 13.1. The fourth-order valence-corrected chi connectivity index (χ4v) is 5.43. The molecule has 0 radical (unpaired) electrons. The van der Waals surface area contributed by atoms with Crippen molar-refractivity contribution in [3.8, 4) is 11.1 Å². The zero-order valence-electron chi connectivity index (χ0n) is 26.8. The predicted molar refractivity (Wildman–Crippen MR) is 170 cm³/mol. The third-order valence-corrected chi connectivity index (χ3v) is 7.51. The SMILES string of the molecule is CC(C)(C)OC(=O)N1CCCC[C@@H]1C(=O)Nc1ccc(-c2ccc(NC(=O)[C@H]3CCCCN3C(=O)OC(C)(C)C)cc2)cc1. The molecule has 2 atom stereocenters. The molecule has 0 saturated carbocycles. The largest absolute Gasteiger partial charge is 0.444 e. The summed E-state index contributed by atoms with van der Waals surface area (Å²) in [5.41, 5.74) is 1.90. The molecule has 0 aromatic heterocycles. The van der Waals surface area contributed by atoms with Crippen LogP contribution in [-0.2, 0) is 19.1 Å². The number of anilines is 2. The van der Waals surface area contributed by atoms with Gasteiger partial charge in [0.25, 0.3) is 0 Å². The number of carbonyl (C=O) groups is 4. The molecule has 2 fully saturated rings. The minimum Gasteiger partial charge on any atom is -0.444 e. The van der Waals surface area contributed by atoms with Crippen LogP contribution in [-0.4, -0.2) is 70.2 Å². The van der Waals surface area contributed by atoms with E-state index >= 15 is 0 Å². The van der Waals surface area contributed by atoms with Crippen LogP contribution in [0, 0.1) is 0 Å². The Morgan fingerprint density at radius 2 is 0.932 bits per heavy atom. The molecule has 2 heterocycles. The van der Waals surface area contributed by atoms with Crippen LogP contribution >= 0.6 is 0 Å². The van der Waals surface area contributed by atoms with Crippen LogP contribution in [0.15, 0.2) is 48.5 Å². The van der Waals surface area contributed by atoms with E-state index in [2.05, 4.69) is 10.6 Å². The van der Waals surface area contributed by atoms with E-state index in [4.69, 9.17) is 9.47 Å². The first-order chi connectivity index (χ1) is 20.7. The van der Waals surface area contributed by atoms with Gasteiger partial charge in [-0.15, -0.1) is 0 Å². The molecule has 10 heteroatoms. The molecule has 2 aromatic carbocycles. The quantitative estimate of drug-likeness (QED) is 0.386. The predicted octanol–water partition coefficient (Wildman–Crippen LogP) is 6.81. The van der Waals surface area contributed by atoms with Crippen LogP contribution in [0.2, 0.25) is 0 Å². The molecule has 2 saturated heterocycles. The summed E-state index contributed by atoms with van der Waals surface area (Å²) in [5.74, 6) is -0.460. The van der Waals surface area contributed by atoms with E-state index in [1.54, 1.807) is 0 Å². The van der Waals surface area contributed by atoms with Crippen molar-refractivity contribution in [2.24, 2.45) is 0 Å². The van der Waals surface area contributed by atoms with Gasteiger partial charge in [-0.05, 0) is 115 Å². The lowest BCUT2D eigenvalue weighted by Crippen LogP contribution is -2.51. The number of hydrogen-bond acceptors (Lipinski definition) is 6. The highest BCUT2D eigenvalue weighted by atomic mass is 16.6. The van der Waals surface area contributed by atoms with Crippen molar-refractivity contribution in [2.75, 3.05) is 23.7 Å². The number of hydrogen-bond donors (Lipinski definition) is 2. The first-order valence-corrected chi connectivity index (χ1v) is 15.5. The second-order valence-corrected chi connectivity index (χ2v) is 13.5. The number of ether oxygens (including phenoxy) is 2. The highest BCUT2D eigenvalue weighted by molar-refractivity contribution is 5.98. The van der Waals surface area contributed by atoms with Crippen molar-refractivity contribution in [1.82, 2.24) is 9.80 Å². The summed E-state index contributed by atoms with van der Waals surface area (Å²) in [5, 5.41) is 5.90. The Balaban J connectivity index is 1.35. The summed E-state index contributed by atoms with van der Waals surface area (Å²) < 4.78 is 11.1. The molecule has 4 amide bonds. The number of carbonyl (C=O) groups excluding carboxylic acids is 4. The van der Waals surface area contributed by atoms with Crippen LogP contribution < -0.4 is 10.6 Å². The smallest absolute Gasteiger partial charge is 0.410 e. The van der Waals surface area contributed by atoms with Gasteiger partial charge in [-0.3, -0.25) is 19.4 Å². The van der Waals surface area contributed by atoms with E-state index in [1.165, 1.54) is 9.80 Å². The second kappa shape index (κ2) is 13.7. The number of nitrogens with one attached hydrogen (secondary N) is 2. The minimum atomic E-state index is -0.631. The molecule has 2 aromatic rings. The van der Waals surface area contributed by atoms with Crippen molar-refractivity contribution >= 4 is 35.4 Å². The lowest BCUT2D eigenvalue weighted by molar-refractivity contribution is -0.123. The van der Waals surface area contributed by atoms with Crippen molar-refractivity contribution in [3.63, 3.8) is 0 Å². The molecular weight excluding hydrogens is 560 g/mol. The van der Waals surface area contributed by atoms with Crippen molar-refractivity contribution in [2.45, 2.75) is 103 Å². The molecule has 2 aliphatic heterocycles. The molecule has 0 spiro atoms. The van der Waals surface area contributed by atoms with Crippen LogP contribution in [0.5, 0.6) is 0 Å². The van der Waals surface area contributed by atoms with Gasteiger partial charge in [0.05, 0.1) is 0 Å². The second-order valence-electron chi connectivity index (χ2n) is 13.5. The Hall–Kier alpha value is -4.08. The molecule has 0 aliphatic carbocycles. The molecular formula is C34H46N4O6. The van der Waals surface area contributed by atoms with E-state index in [-0.39, 0.29) is 11.8 Å². The van der Waals surface area contributed by atoms with Crippen molar-refractivity contribution in [1.29, 1.82) is 0 Å². The average Bonchev–Trinajstić information content (AvgIpc) is 2.96. The Labute approximate surface area is 260 Å². The fourth-order valence-electron chi connectivity index (χ4n) is 5.43. The number of likely N-dealkylation sites (tertiary alicyclic amines) is 2. The van der Waals surface area contributed by atoms with E-state index in [0.29, 0.717) is 37.3 Å². The Morgan fingerprint density at radius 3 is 1.25 bits per heavy atom. The van der Waals surface area contributed by atoms with E-state index in [1.807, 2.05) is 90.1 Å². The van der Waals surface area contributed by atoms with Crippen molar-refractivity contribution in [3.05, 3.63) is 48.5 Å². The Morgan fingerprint density at radius 1 is 0.591 bits per heavy atom. The molecule has 2 N–H and O–H groups in total. The van der Waals surface area contributed by atoms with E-state index < -0.39 is 35.5 Å². The summed E-state index contributed by atoms with van der Waals surface area (Å²) in [6.07, 6.45) is 3.66. The molecule has 10 nitrogen and oxygen atoms in total. The van der Waals surface area contributed by atoms with Gasteiger partial charge >= 0.3 is 12.2 Å². The van der Waals surface area contributed by atoms with Gasteiger partial charge in [0.1, 0.15) is 23.3 Å². The first kappa shape index (κ1) is 32.8. The van der Waals surface area contributed by atoms with Crippen LogP contribution in [0.3, 0.4) is 0 Å². The standard InChI is InChI=1S/C34H46N4O6/c1-33(2,3)43-31(41)37-21-9-7-11-27(37)29(39)35-25-17-13-23(14-18-25)24-15-19-26(20-16-24)36-30(40)28-12-8-10-22-38(28)32(42)44-34(4,5)6/h13-20,27-28H,7-12,21-22H2,1-6H3,(H,35,39)(H,36,40)/t27-,28-/m1/s1. The van der Waals surface area contributed by atoms with Gasteiger partial charge in [-0.2, -0.15) is 0 Å². The van der Waals surface area contributed by atoms with Gasteiger partial charge in [0.2, 0.25) is 11.8 Å². The van der Waals surface area contributed by atoms with Crippen LogP contribution in [0.25, 0.3) is 11.1 Å². The summed E-state index contributed by atoms with van der Waals surface area (Å²) in [4.78, 5) is 54.8. The van der Waals surface area contributed by atoms with Crippen LogP contribution in [0.4, 0.5) is 21.0 Å². The fraction of sp³-hybridized carbons (Fsp3) is 0.529. The van der Waals surface area contributed by atoms with E-state index in [0.717, 1.165) is 36.8 Å². The molecule has 0 bridgehead atoms. The van der Waals surface area contributed by atoms with Gasteiger partial charge in [0.15, 0.2) is 0 Å². The number of benzene rings is 2. The normalized spacial score (nSPS) is 19.1. The lowest BCUT2D eigenvalue weighted by atomic mass is 10.0. The highest BCUT2D eigenvalue weighted by Crippen LogP contribution is 2.26. The number of amides is 4. The van der Waals surface area contributed by atoms with Crippen molar-refractivity contribution < 1.29 is 28.7 Å². The summed E-state index contributed by atoms with van der Waals surface area (Å²) in [6.45, 7) is 11.9. The lowest BCUT2D eigenvalue weighted by Gasteiger charge is -2.35. The maximum Gasteiger partial charge on any atom is 0.410 e. The Kier molecular flexibility index (Phi) is 10.2. The van der Waals surface area contributed by atoms with Gasteiger partial charge in [-0.25, -0.2) is 9.59 Å². The number of piperidine rings is 2. The maximum absolute atomic E-state index is 13.1. The average molecular weight is 607 g/mol. The zero-order chi connectivity index (χ0) is 32.1. The number of rotatable bonds is 5. The summed E-state index contributed by atoms with van der Waals surface area (Å²) in [6, 6.07) is 13.8. The summed E-state index contributed by atoms with van der Waals surface area (Å²) in [7, 11) is 0. The van der Waals surface area contributed by atoms with Gasteiger partial charge in [-0.1, -0.05) is 24.3 Å². The van der Waals surface area contributed by atoms with Gasteiger partial charge < -0.3 is 20.1 Å². The van der Waals surface area contributed by atoms with E-state index in [9.17, 15) is 19.2 Å². The third kappa shape index (κ3) is 8.97. The molecule has 2 aliphatic rings. The monoisotopic (exact) mass is 606 g/mol. The molecule has 44 heavy (non-hydrogen) atoms. The first-order valence-electron chi connectivity index (χ1n) is 15.5. The third-order valence-electron chi connectivity index (χ3n) is 7.51. The summed E-state index contributed by atoms with van der Waals surface area (Å²) >= 11 is 0. The molecule has 238 valence electrons. The van der Waals surface area contributed by atoms with Gasteiger partial charge in [0, 0.05) is 24.5 Å². The minimum absolute atomic E-state index is 0.230. The Bertz CT molecular complexity index is 1220. The topological polar surface area (TPSA) is 117 Å².